The van der Waals surface area contributed by atoms with Crippen molar-refractivity contribution in [3.63, 3.8) is 0 Å². The summed E-state index contributed by atoms with van der Waals surface area (Å²) in [5, 5.41) is 0. The van der Waals surface area contributed by atoms with E-state index in [-0.39, 0.29) is 4.90 Å². The molecule has 9 heteroatoms. The molecule has 7 nitrogen and oxygen atoms in total. The van der Waals surface area contributed by atoms with Crippen molar-refractivity contribution >= 4 is 37.5 Å². The van der Waals surface area contributed by atoms with Gasteiger partial charge < -0.3 is 9.30 Å². The second kappa shape index (κ2) is 9.17. The molecule has 1 fully saturated rings. The molecule has 1 aromatic heterocycles. The van der Waals surface area contributed by atoms with Crippen LogP contribution in [0.15, 0.2) is 52.4 Å². The first-order valence-electron chi connectivity index (χ1n) is 10.7. The summed E-state index contributed by atoms with van der Waals surface area (Å²) in [6, 6.07) is 11.8. The topological polar surface area (TPSA) is 81.0 Å². The Morgan fingerprint density at radius 3 is 2.66 bits per heavy atom. The number of sulfonamides is 1. The fourth-order valence-corrected chi connectivity index (χ4v) is 6.56. The first-order valence-corrected chi connectivity index (χ1v) is 13.0. The minimum absolute atomic E-state index is 0.207. The minimum atomic E-state index is -3.55. The van der Waals surface area contributed by atoms with Crippen LogP contribution in [-0.4, -0.2) is 42.9 Å². The maximum absolute atomic E-state index is 12.9. The van der Waals surface area contributed by atoms with Crippen molar-refractivity contribution in [3.8, 4) is 5.75 Å². The van der Waals surface area contributed by atoms with Crippen LogP contribution in [-0.2, 0) is 17.1 Å². The molecule has 1 aliphatic rings. The van der Waals surface area contributed by atoms with Gasteiger partial charge in [-0.05, 0) is 68.1 Å². The van der Waals surface area contributed by atoms with Crippen molar-refractivity contribution in [1.29, 1.82) is 0 Å². The minimum Gasteiger partial charge on any atom is -0.494 e. The molecule has 0 bridgehead atoms. The van der Waals surface area contributed by atoms with Gasteiger partial charge in [0.2, 0.25) is 10.0 Å². The molecule has 1 amide bonds. The fraction of sp³-hybridized carbons (Fsp3) is 0.391. The molecule has 2 heterocycles. The Balaban J connectivity index is 1.59. The van der Waals surface area contributed by atoms with Gasteiger partial charge in [0.1, 0.15) is 5.75 Å². The summed E-state index contributed by atoms with van der Waals surface area (Å²) in [6.45, 7) is 5.65. The van der Waals surface area contributed by atoms with Crippen LogP contribution in [0.2, 0.25) is 0 Å². The monoisotopic (exact) mass is 473 g/mol. The van der Waals surface area contributed by atoms with Crippen molar-refractivity contribution < 1.29 is 17.9 Å². The van der Waals surface area contributed by atoms with Crippen LogP contribution in [0.25, 0.3) is 10.2 Å². The van der Waals surface area contributed by atoms with Crippen molar-refractivity contribution in [3.05, 3.63) is 52.8 Å². The van der Waals surface area contributed by atoms with E-state index in [1.165, 1.54) is 39.9 Å². The summed E-state index contributed by atoms with van der Waals surface area (Å²) in [4.78, 5) is 17.8. The van der Waals surface area contributed by atoms with Crippen molar-refractivity contribution in [2.24, 2.45) is 18.0 Å². The van der Waals surface area contributed by atoms with Crippen LogP contribution in [0.4, 0.5) is 0 Å². The molecule has 0 radical (unpaired) electrons. The van der Waals surface area contributed by atoms with Gasteiger partial charge in [-0.15, -0.1) is 0 Å². The number of amides is 1. The Labute approximate surface area is 192 Å². The van der Waals surface area contributed by atoms with Gasteiger partial charge in [0.15, 0.2) is 4.80 Å². The Morgan fingerprint density at radius 2 is 1.97 bits per heavy atom. The highest BCUT2D eigenvalue weighted by Gasteiger charge is 2.28. The first kappa shape index (κ1) is 22.7. The SMILES string of the molecule is CCOc1ccc2c(c1)sc(=NC(=O)c1ccc(S(=O)(=O)N3CCC[C@@H](C)C3)cc1)n2C. The van der Waals surface area contributed by atoms with E-state index < -0.39 is 15.9 Å². The standard InChI is InChI=1S/C23H27N3O4S2/c1-4-30-18-9-12-20-21(14-18)31-23(25(20)3)24-22(27)17-7-10-19(11-8-17)32(28,29)26-13-5-6-16(2)15-26/h7-12,14,16H,4-6,13,15H2,1-3H3/t16-/m1/s1. The van der Waals surface area contributed by atoms with Crippen LogP contribution in [0, 0.1) is 5.92 Å². The van der Waals surface area contributed by atoms with Gasteiger partial charge >= 0.3 is 0 Å². The highest BCUT2D eigenvalue weighted by atomic mass is 32.2. The van der Waals surface area contributed by atoms with Crippen molar-refractivity contribution in [1.82, 2.24) is 8.87 Å². The number of nitrogens with zero attached hydrogens (tertiary/aromatic N) is 3. The number of ether oxygens (including phenoxy) is 1. The van der Waals surface area contributed by atoms with E-state index in [4.69, 9.17) is 4.74 Å². The van der Waals surface area contributed by atoms with E-state index in [0.717, 1.165) is 28.8 Å². The Morgan fingerprint density at radius 1 is 1.22 bits per heavy atom. The molecule has 0 spiro atoms. The summed E-state index contributed by atoms with van der Waals surface area (Å²) in [5.41, 5.74) is 1.31. The molecule has 0 N–H and O–H groups in total. The zero-order chi connectivity index (χ0) is 22.9. The first-order chi connectivity index (χ1) is 15.3. The quantitative estimate of drug-likeness (QED) is 0.565. The molecule has 0 saturated carbocycles. The lowest BCUT2D eigenvalue weighted by atomic mass is 10.0. The number of carbonyl (C=O) groups is 1. The largest absolute Gasteiger partial charge is 0.494 e. The van der Waals surface area contributed by atoms with Crippen molar-refractivity contribution in [2.45, 2.75) is 31.6 Å². The summed E-state index contributed by atoms with van der Waals surface area (Å²) in [5.74, 6) is 0.720. The summed E-state index contributed by atoms with van der Waals surface area (Å²) >= 11 is 1.41. The number of aryl methyl sites for hydroxylation is 1. The number of thiazole rings is 1. The lowest BCUT2D eigenvalue weighted by Gasteiger charge is -2.30. The Kier molecular flexibility index (Phi) is 6.50. The maximum atomic E-state index is 12.9. The van der Waals surface area contributed by atoms with Gasteiger partial charge in [-0.2, -0.15) is 9.30 Å². The van der Waals surface area contributed by atoms with E-state index in [1.807, 2.05) is 36.7 Å². The molecule has 0 aliphatic carbocycles. The molecule has 3 aromatic rings. The van der Waals surface area contributed by atoms with Gasteiger partial charge in [0, 0.05) is 25.7 Å². The number of hydrogen-bond donors (Lipinski definition) is 0. The molecule has 4 rings (SSSR count). The molecule has 32 heavy (non-hydrogen) atoms. The zero-order valence-corrected chi connectivity index (χ0v) is 20.1. The van der Waals surface area contributed by atoms with E-state index in [9.17, 15) is 13.2 Å². The Bertz CT molecular complexity index is 1310. The third-order valence-corrected chi connectivity index (χ3v) is 8.62. The summed E-state index contributed by atoms with van der Waals surface area (Å²) in [6.07, 6.45) is 1.91. The van der Waals surface area contributed by atoms with Crippen molar-refractivity contribution in [2.75, 3.05) is 19.7 Å². The number of fused-ring (bicyclic) bond motifs is 1. The van der Waals surface area contributed by atoms with Crippen LogP contribution in [0.3, 0.4) is 0 Å². The number of hydrogen-bond acceptors (Lipinski definition) is 5. The lowest BCUT2D eigenvalue weighted by molar-refractivity contribution is 0.0998. The van der Waals surface area contributed by atoms with E-state index in [2.05, 4.69) is 11.9 Å². The van der Waals surface area contributed by atoms with E-state index in [0.29, 0.717) is 36.0 Å². The second-order valence-electron chi connectivity index (χ2n) is 8.06. The van der Waals surface area contributed by atoms with Gasteiger partial charge in [0.05, 0.1) is 21.7 Å². The fourth-order valence-electron chi connectivity index (χ4n) is 3.91. The number of benzene rings is 2. The predicted octanol–water partition coefficient (Wildman–Crippen LogP) is 3.80. The number of aromatic nitrogens is 1. The van der Waals surface area contributed by atoms with Gasteiger partial charge in [-0.1, -0.05) is 18.3 Å². The van der Waals surface area contributed by atoms with Gasteiger partial charge in [0.25, 0.3) is 5.91 Å². The van der Waals surface area contributed by atoms with Gasteiger partial charge in [-0.25, -0.2) is 8.42 Å². The molecule has 1 aliphatic heterocycles. The molecule has 1 atom stereocenters. The van der Waals surface area contributed by atoms with Crippen LogP contribution >= 0.6 is 11.3 Å². The lowest BCUT2D eigenvalue weighted by Crippen LogP contribution is -2.39. The summed E-state index contributed by atoms with van der Waals surface area (Å²) in [7, 11) is -1.69. The molecule has 2 aromatic carbocycles. The normalized spacial score (nSPS) is 18.2. The maximum Gasteiger partial charge on any atom is 0.279 e. The van der Waals surface area contributed by atoms with Crippen LogP contribution in [0.5, 0.6) is 5.75 Å². The number of carbonyl (C=O) groups excluding carboxylic acids is 1. The smallest absolute Gasteiger partial charge is 0.279 e. The van der Waals surface area contributed by atoms with E-state index >= 15 is 0 Å². The highest BCUT2D eigenvalue weighted by molar-refractivity contribution is 7.89. The number of piperidine rings is 1. The molecule has 170 valence electrons. The predicted molar refractivity (Wildman–Crippen MR) is 125 cm³/mol. The average molecular weight is 474 g/mol. The van der Waals surface area contributed by atoms with Crippen LogP contribution in [0.1, 0.15) is 37.0 Å². The molecular weight excluding hydrogens is 446 g/mol. The highest BCUT2D eigenvalue weighted by Crippen LogP contribution is 2.25. The third kappa shape index (κ3) is 4.51. The second-order valence-corrected chi connectivity index (χ2v) is 11.0. The van der Waals surface area contributed by atoms with Crippen LogP contribution < -0.4 is 9.54 Å². The number of rotatable bonds is 5. The molecule has 0 unspecified atom stereocenters. The van der Waals surface area contributed by atoms with Gasteiger partial charge in [-0.3, -0.25) is 4.79 Å². The third-order valence-electron chi connectivity index (χ3n) is 5.65. The zero-order valence-electron chi connectivity index (χ0n) is 18.4. The van der Waals surface area contributed by atoms with E-state index in [1.54, 1.807) is 0 Å². The Hall–Kier alpha value is -2.49. The molecular formula is C23H27N3O4S2. The average Bonchev–Trinajstić information content (AvgIpc) is 3.08. The summed E-state index contributed by atoms with van der Waals surface area (Å²) < 4.78 is 35.8. The molecule has 1 saturated heterocycles.